The fourth-order valence-corrected chi connectivity index (χ4v) is 1.43. The largest absolute Gasteiger partial charge is 0.468 e. The third-order valence-electron chi connectivity index (χ3n) is 2.46. The molecule has 0 aliphatic carbocycles. The molecule has 0 heterocycles. The van der Waals surface area contributed by atoms with Gasteiger partial charge in [-0.25, -0.2) is 0 Å². The van der Waals surface area contributed by atoms with E-state index >= 15 is 0 Å². The fraction of sp³-hybridized carbons (Fsp3) is 0.429. The van der Waals surface area contributed by atoms with Gasteiger partial charge in [-0.3, -0.25) is 9.59 Å². The Balaban J connectivity index is 2.01. The van der Waals surface area contributed by atoms with Gasteiger partial charge in [0.05, 0.1) is 13.7 Å². The van der Waals surface area contributed by atoms with Crippen molar-refractivity contribution in [2.24, 2.45) is 0 Å². The summed E-state index contributed by atoms with van der Waals surface area (Å²) in [5.74, 6) is -0.623. The van der Waals surface area contributed by atoms with Crippen LogP contribution in [-0.2, 0) is 25.7 Å². The summed E-state index contributed by atoms with van der Waals surface area (Å²) < 4.78 is 9.86. The first-order valence-electron chi connectivity index (χ1n) is 6.17. The van der Waals surface area contributed by atoms with E-state index in [2.05, 4.69) is 10.1 Å². The number of hydrogen-bond donors (Lipinski definition) is 1. The van der Waals surface area contributed by atoms with Crippen LogP contribution in [0, 0.1) is 0 Å². The van der Waals surface area contributed by atoms with Crippen molar-refractivity contribution in [2.45, 2.75) is 19.4 Å². The highest BCUT2D eigenvalue weighted by Crippen LogP contribution is 2.01. The second-order valence-corrected chi connectivity index (χ2v) is 3.99. The number of rotatable bonds is 8. The lowest BCUT2D eigenvalue weighted by Crippen LogP contribution is -2.30. The highest BCUT2D eigenvalue weighted by molar-refractivity contribution is 5.81. The van der Waals surface area contributed by atoms with Gasteiger partial charge in [-0.05, 0) is 12.0 Å². The number of amides is 1. The molecule has 0 saturated heterocycles. The molecule has 0 fully saturated rings. The maximum atomic E-state index is 11.3. The molecule has 5 nitrogen and oxygen atoms in total. The summed E-state index contributed by atoms with van der Waals surface area (Å²) in [6.45, 7) is 0.978. The molecule has 0 bridgehead atoms. The number of carbonyl (C=O) groups is 2. The van der Waals surface area contributed by atoms with Crippen molar-refractivity contribution in [3.05, 3.63) is 35.9 Å². The molecule has 0 spiro atoms. The van der Waals surface area contributed by atoms with Gasteiger partial charge in [0.25, 0.3) is 0 Å². The summed E-state index contributed by atoms with van der Waals surface area (Å²) in [7, 11) is 1.28. The van der Waals surface area contributed by atoms with Gasteiger partial charge in [0.15, 0.2) is 0 Å². The molecule has 1 N–H and O–H groups in total. The Kier molecular flexibility index (Phi) is 7.27. The summed E-state index contributed by atoms with van der Waals surface area (Å²) in [6, 6.07) is 9.85. The van der Waals surface area contributed by atoms with Gasteiger partial charge >= 0.3 is 5.97 Å². The highest BCUT2D eigenvalue weighted by Gasteiger charge is 2.04. The first kappa shape index (κ1) is 15.2. The second kappa shape index (κ2) is 9.10. The predicted octanol–water partition coefficient (Wildman–Crippen LogP) is 1.27. The van der Waals surface area contributed by atoms with Gasteiger partial charge in [-0.2, -0.15) is 0 Å². The molecule has 1 aromatic rings. The van der Waals surface area contributed by atoms with E-state index in [1.807, 2.05) is 30.3 Å². The quantitative estimate of drug-likeness (QED) is 0.568. The predicted molar refractivity (Wildman–Crippen MR) is 70.4 cm³/mol. The summed E-state index contributed by atoms with van der Waals surface area (Å²) in [5.41, 5.74) is 1.11. The van der Waals surface area contributed by atoms with Crippen LogP contribution in [0.4, 0.5) is 0 Å². The van der Waals surface area contributed by atoms with Crippen molar-refractivity contribution in [1.29, 1.82) is 0 Å². The average molecular weight is 265 g/mol. The van der Waals surface area contributed by atoms with Crippen LogP contribution in [0.1, 0.15) is 18.4 Å². The molecule has 0 aliphatic rings. The Bertz CT molecular complexity index is 392. The number of esters is 1. The molecule has 0 aliphatic heterocycles. The van der Waals surface area contributed by atoms with Gasteiger partial charge in [0, 0.05) is 13.0 Å². The minimum absolute atomic E-state index is 0.0831. The summed E-state index contributed by atoms with van der Waals surface area (Å²) >= 11 is 0. The van der Waals surface area contributed by atoms with Crippen molar-refractivity contribution in [3.63, 3.8) is 0 Å². The standard InChI is InChI=1S/C14H19NO4/c1-18-14(17)10-15-13(16)8-5-9-19-11-12-6-3-2-4-7-12/h2-4,6-7H,5,8-11H2,1H3,(H,15,16). The zero-order chi connectivity index (χ0) is 13.9. The Hall–Kier alpha value is -1.88. The van der Waals surface area contributed by atoms with Crippen LogP contribution < -0.4 is 5.32 Å². The average Bonchev–Trinajstić information content (AvgIpc) is 2.45. The molecule has 104 valence electrons. The number of methoxy groups -OCH3 is 1. The zero-order valence-electron chi connectivity index (χ0n) is 11.1. The van der Waals surface area contributed by atoms with Crippen LogP contribution in [0.3, 0.4) is 0 Å². The molecule has 5 heteroatoms. The fourth-order valence-electron chi connectivity index (χ4n) is 1.43. The molecular formula is C14H19NO4. The van der Waals surface area contributed by atoms with Crippen LogP contribution in [0.15, 0.2) is 30.3 Å². The summed E-state index contributed by atoms with van der Waals surface area (Å²) in [5, 5.41) is 2.47. The monoisotopic (exact) mass is 265 g/mol. The van der Waals surface area contributed by atoms with Crippen molar-refractivity contribution in [3.8, 4) is 0 Å². The molecule has 0 radical (unpaired) electrons. The van der Waals surface area contributed by atoms with Crippen molar-refractivity contribution < 1.29 is 19.1 Å². The molecule has 1 rings (SSSR count). The molecule has 0 unspecified atom stereocenters. The first-order valence-corrected chi connectivity index (χ1v) is 6.17. The smallest absolute Gasteiger partial charge is 0.325 e. The van der Waals surface area contributed by atoms with E-state index in [1.165, 1.54) is 7.11 Å². The van der Waals surface area contributed by atoms with E-state index in [-0.39, 0.29) is 12.5 Å². The summed E-state index contributed by atoms with van der Waals surface area (Å²) in [4.78, 5) is 22.1. The van der Waals surface area contributed by atoms with E-state index in [0.29, 0.717) is 26.1 Å². The highest BCUT2D eigenvalue weighted by atomic mass is 16.5. The van der Waals surface area contributed by atoms with E-state index in [9.17, 15) is 9.59 Å². The van der Waals surface area contributed by atoms with Gasteiger partial charge in [0.1, 0.15) is 6.54 Å². The van der Waals surface area contributed by atoms with Crippen LogP contribution >= 0.6 is 0 Å². The minimum Gasteiger partial charge on any atom is -0.468 e. The first-order chi connectivity index (χ1) is 9.22. The summed E-state index contributed by atoms with van der Waals surface area (Å²) in [6.07, 6.45) is 0.964. The topological polar surface area (TPSA) is 64.6 Å². The number of nitrogens with one attached hydrogen (secondary N) is 1. The number of carbonyl (C=O) groups excluding carboxylic acids is 2. The molecule has 19 heavy (non-hydrogen) atoms. The molecule has 1 amide bonds. The normalized spacial score (nSPS) is 9.95. The van der Waals surface area contributed by atoms with Gasteiger partial charge in [-0.1, -0.05) is 30.3 Å². The van der Waals surface area contributed by atoms with Crippen molar-refractivity contribution >= 4 is 11.9 Å². The van der Waals surface area contributed by atoms with E-state index in [0.717, 1.165) is 5.56 Å². The maximum Gasteiger partial charge on any atom is 0.325 e. The third kappa shape index (κ3) is 7.21. The van der Waals surface area contributed by atoms with Gasteiger partial charge in [0.2, 0.25) is 5.91 Å². The van der Waals surface area contributed by atoms with Crippen LogP contribution in [-0.4, -0.2) is 32.1 Å². The molecule has 0 aromatic heterocycles. The number of hydrogen-bond acceptors (Lipinski definition) is 4. The van der Waals surface area contributed by atoms with Crippen LogP contribution in [0.5, 0.6) is 0 Å². The minimum atomic E-state index is -0.450. The van der Waals surface area contributed by atoms with Crippen molar-refractivity contribution in [2.75, 3.05) is 20.3 Å². The van der Waals surface area contributed by atoms with E-state index < -0.39 is 5.97 Å². The van der Waals surface area contributed by atoms with Gasteiger partial charge < -0.3 is 14.8 Å². The second-order valence-electron chi connectivity index (χ2n) is 3.99. The Morgan fingerprint density at radius 2 is 1.95 bits per heavy atom. The Labute approximate surface area is 112 Å². The lowest BCUT2D eigenvalue weighted by molar-refractivity contribution is -0.141. The maximum absolute atomic E-state index is 11.3. The van der Waals surface area contributed by atoms with E-state index in [4.69, 9.17) is 4.74 Å². The Morgan fingerprint density at radius 3 is 2.63 bits per heavy atom. The van der Waals surface area contributed by atoms with Gasteiger partial charge in [-0.15, -0.1) is 0 Å². The third-order valence-corrected chi connectivity index (χ3v) is 2.46. The van der Waals surface area contributed by atoms with E-state index in [1.54, 1.807) is 0 Å². The molecular weight excluding hydrogens is 246 g/mol. The van der Waals surface area contributed by atoms with Crippen molar-refractivity contribution in [1.82, 2.24) is 5.32 Å². The zero-order valence-corrected chi connectivity index (χ0v) is 11.1. The Morgan fingerprint density at radius 1 is 1.21 bits per heavy atom. The lowest BCUT2D eigenvalue weighted by atomic mass is 10.2. The number of benzene rings is 1. The van der Waals surface area contributed by atoms with Crippen LogP contribution in [0.25, 0.3) is 0 Å². The van der Waals surface area contributed by atoms with Crippen LogP contribution in [0.2, 0.25) is 0 Å². The lowest BCUT2D eigenvalue weighted by Gasteiger charge is -2.05. The molecule has 0 atom stereocenters. The molecule has 1 aromatic carbocycles. The number of ether oxygens (including phenoxy) is 2. The molecule has 0 saturated carbocycles. The SMILES string of the molecule is COC(=O)CNC(=O)CCCOCc1ccccc1.